The first-order chi connectivity index (χ1) is 6.36. The molecule has 0 radical (unpaired) electrons. The average Bonchev–Trinajstić information content (AvgIpc) is 2.45. The van der Waals surface area contributed by atoms with E-state index >= 15 is 0 Å². The molecule has 0 fully saturated rings. The lowest BCUT2D eigenvalue weighted by Gasteiger charge is -2.11. The summed E-state index contributed by atoms with van der Waals surface area (Å²) in [4.78, 5) is 3.90. The Labute approximate surface area is 84.0 Å². The van der Waals surface area contributed by atoms with E-state index in [2.05, 4.69) is 4.98 Å². The lowest BCUT2D eigenvalue weighted by molar-refractivity contribution is 0.517. The first-order valence-corrected chi connectivity index (χ1v) is 5.99. The van der Waals surface area contributed by atoms with E-state index in [4.69, 9.17) is 5.14 Å². The lowest BCUT2D eigenvalue weighted by Crippen LogP contribution is -2.12. The van der Waals surface area contributed by atoms with Crippen molar-refractivity contribution in [3.05, 3.63) is 12.0 Å². The number of rotatable bonds is 3. The number of imidazole rings is 1. The smallest absolute Gasteiger partial charge is 0.257 e. The molecule has 0 saturated carbocycles. The number of hydrogen-bond donors (Lipinski definition) is 1. The van der Waals surface area contributed by atoms with Gasteiger partial charge in [-0.15, -0.1) is 0 Å². The molecule has 1 heterocycles. The van der Waals surface area contributed by atoms with Gasteiger partial charge < -0.3 is 4.57 Å². The molecule has 2 N–H and O–H groups in total. The second-order valence-electron chi connectivity index (χ2n) is 3.34. The van der Waals surface area contributed by atoms with Crippen molar-refractivity contribution in [2.45, 2.75) is 38.3 Å². The SMILES string of the molecule is CCC(C)n1cc(S(N)(=O)=O)nc1C. The maximum Gasteiger partial charge on any atom is 0.257 e. The Kier molecular flexibility index (Phi) is 2.96. The number of hydrogen-bond acceptors (Lipinski definition) is 3. The van der Waals surface area contributed by atoms with Crippen molar-refractivity contribution in [3.8, 4) is 0 Å². The summed E-state index contributed by atoms with van der Waals surface area (Å²) in [7, 11) is -3.68. The van der Waals surface area contributed by atoms with Crippen LogP contribution in [-0.4, -0.2) is 18.0 Å². The highest BCUT2D eigenvalue weighted by Gasteiger charge is 2.15. The minimum absolute atomic E-state index is 0.0599. The minimum atomic E-state index is -3.68. The van der Waals surface area contributed by atoms with Gasteiger partial charge in [0.15, 0.2) is 5.03 Å². The van der Waals surface area contributed by atoms with Crippen LogP contribution in [0.25, 0.3) is 0 Å². The molecule has 1 atom stereocenters. The summed E-state index contributed by atoms with van der Waals surface area (Å²) in [6.07, 6.45) is 2.40. The van der Waals surface area contributed by atoms with Crippen molar-refractivity contribution in [2.75, 3.05) is 0 Å². The van der Waals surface area contributed by atoms with Crippen molar-refractivity contribution >= 4 is 10.0 Å². The topological polar surface area (TPSA) is 78.0 Å². The molecule has 0 aliphatic heterocycles. The summed E-state index contributed by atoms with van der Waals surface area (Å²) >= 11 is 0. The van der Waals surface area contributed by atoms with Crippen molar-refractivity contribution in [3.63, 3.8) is 0 Å². The van der Waals surface area contributed by atoms with Gasteiger partial charge in [0, 0.05) is 12.2 Å². The van der Waals surface area contributed by atoms with Crippen LogP contribution in [0.4, 0.5) is 0 Å². The molecule has 0 saturated heterocycles. The van der Waals surface area contributed by atoms with Gasteiger partial charge in [0.05, 0.1) is 0 Å². The van der Waals surface area contributed by atoms with E-state index in [-0.39, 0.29) is 11.1 Å². The number of sulfonamides is 1. The molecule has 1 unspecified atom stereocenters. The molecule has 1 rings (SSSR count). The summed E-state index contributed by atoms with van der Waals surface area (Å²) in [5.41, 5.74) is 0. The van der Waals surface area contributed by atoms with Gasteiger partial charge in [-0.25, -0.2) is 18.5 Å². The van der Waals surface area contributed by atoms with E-state index in [9.17, 15) is 8.42 Å². The summed E-state index contributed by atoms with van der Waals surface area (Å²) in [6.45, 7) is 5.79. The van der Waals surface area contributed by atoms with Gasteiger partial charge in [-0.1, -0.05) is 6.92 Å². The fourth-order valence-electron chi connectivity index (χ4n) is 1.24. The highest BCUT2D eigenvalue weighted by Crippen LogP contribution is 2.15. The standard InChI is InChI=1S/C8H15N3O2S/c1-4-6(2)11-5-8(10-7(11)3)14(9,12)13/h5-6H,4H2,1-3H3,(H2,9,12,13). The third kappa shape index (κ3) is 2.13. The maximum atomic E-state index is 11.0. The molecule has 1 aromatic heterocycles. The van der Waals surface area contributed by atoms with Gasteiger partial charge in [-0.2, -0.15) is 0 Å². The summed E-state index contributed by atoms with van der Waals surface area (Å²) in [6, 6.07) is 0.234. The molecule has 1 aromatic rings. The fraction of sp³-hybridized carbons (Fsp3) is 0.625. The predicted molar refractivity (Wildman–Crippen MR) is 53.3 cm³/mol. The Hall–Kier alpha value is -0.880. The van der Waals surface area contributed by atoms with Crippen molar-refractivity contribution in [1.29, 1.82) is 0 Å². The molecule has 0 bridgehead atoms. The molecule has 80 valence electrons. The zero-order valence-electron chi connectivity index (χ0n) is 8.56. The van der Waals surface area contributed by atoms with Crippen LogP contribution in [0.1, 0.15) is 32.1 Å². The Morgan fingerprint density at radius 3 is 2.57 bits per heavy atom. The van der Waals surface area contributed by atoms with Gasteiger partial charge in [0.25, 0.3) is 10.0 Å². The summed E-state index contributed by atoms with van der Waals surface area (Å²) in [5.74, 6) is 0.670. The molecule has 0 aliphatic rings. The van der Waals surface area contributed by atoms with E-state index in [0.29, 0.717) is 5.82 Å². The predicted octanol–water partition coefficient (Wildman–Crippen LogP) is 0.810. The molecule has 0 aliphatic carbocycles. The number of nitrogens with zero attached hydrogens (tertiary/aromatic N) is 2. The molecule has 0 aromatic carbocycles. The van der Waals surface area contributed by atoms with Crippen LogP contribution >= 0.6 is 0 Å². The summed E-state index contributed by atoms with van der Waals surface area (Å²) in [5, 5.41) is 4.92. The first-order valence-electron chi connectivity index (χ1n) is 4.44. The van der Waals surface area contributed by atoms with E-state index in [0.717, 1.165) is 6.42 Å². The Balaban J connectivity index is 3.18. The molecule has 14 heavy (non-hydrogen) atoms. The van der Waals surface area contributed by atoms with Crippen molar-refractivity contribution in [2.24, 2.45) is 5.14 Å². The number of aromatic nitrogens is 2. The maximum absolute atomic E-state index is 11.0. The van der Waals surface area contributed by atoms with Gasteiger partial charge in [0.2, 0.25) is 0 Å². The highest BCUT2D eigenvalue weighted by molar-refractivity contribution is 7.89. The number of primary sulfonamides is 1. The molecule has 0 amide bonds. The van der Waals surface area contributed by atoms with Crippen molar-refractivity contribution in [1.82, 2.24) is 9.55 Å². The first kappa shape index (κ1) is 11.2. The Morgan fingerprint density at radius 2 is 2.21 bits per heavy atom. The quantitative estimate of drug-likeness (QED) is 0.813. The van der Waals surface area contributed by atoms with Crippen LogP contribution in [0.15, 0.2) is 11.2 Å². The van der Waals surface area contributed by atoms with Crippen LogP contribution in [0.5, 0.6) is 0 Å². The van der Waals surface area contributed by atoms with Crippen LogP contribution < -0.4 is 5.14 Å². The van der Waals surface area contributed by atoms with E-state index in [1.165, 1.54) is 6.20 Å². The molecule has 5 nitrogen and oxygen atoms in total. The second kappa shape index (κ2) is 3.70. The largest absolute Gasteiger partial charge is 0.331 e. The molecular weight excluding hydrogens is 202 g/mol. The second-order valence-corrected chi connectivity index (χ2v) is 4.84. The van der Waals surface area contributed by atoms with Crippen molar-refractivity contribution < 1.29 is 8.42 Å². The monoisotopic (exact) mass is 217 g/mol. The zero-order chi connectivity index (χ0) is 10.9. The molecule has 6 heteroatoms. The zero-order valence-corrected chi connectivity index (χ0v) is 9.37. The third-order valence-corrected chi connectivity index (χ3v) is 3.03. The van der Waals surface area contributed by atoms with E-state index < -0.39 is 10.0 Å². The van der Waals surface area contributed by atoms with Gasteiger partial charge in [-0.3, -0.25) is 0 Å². The minimum Gasteiger partial charge on any atom is -0.331 e. The number of aryl methyl sites for hydroxylation is 1. The average molecular weight is 217 g/mol. The van der Waals surface area contributed by atoms with Crippen LogP contribution in [0.2, 0.25) is 0 Å². The van der Waals surface area contributed by atoms with Gasteiger partial charge >= 0.3 is 0 Å². The normalized spacial score (nSPS) is 14.3. The van der Waals surface area contributed by atoms with E-state index in [1.54, 1.807) is 6.92 Å². The number of nitrogens with two attached hydrogens (primary N) is 1. The molecular formula is C8H15N3O2S. The van der Waals surface area contributed by atoms with Crippen LogP contribution in [0, 0.1) is 6.92 Å². The van der Waals surface area contributed by atoms with E-state index in [1.807, 2.05) is 18.4 Å². The highest BCUT2D eigenvalue weighted by atomic mass is 32.2. The molecule has 0 spiro atoms. The van der Waals surface area contributed by atoms with Gasteiger partial charge in [-0.05, 0) is 20.3 Å². The van der Waals surface area contributed by atoms with Gasteiger partial charge in [0.1, 0.15) is 5.82 Å². The third-order valence-electron chi connectivity index (χ3n) is 2.25. The van der Waals surface area contributed by atoms with Crippen LogP contribution in [-0.2, 0) is 10.0 Å². The summed E-state index contributed by atoms with van der Waals surface area (Å²) < 4.78 is 23.8. The fourth-order valence-corrected chi connectivity index (χ4v) is 1.76. The lowest BCUT2D eigenvalue weighted by atomic mass is 10.2. The Bertz CT molecular complexity index is 422. The Morgan fingerprint density at radius 1 is 1.64 bits per heavy atom. The van der Waals surface area contributed by atoms with Crippen LogP contribution in [0.3, 0.4) is 0 Å².